The predicted molar refractivity (Wildman–Crippen MR) is 100.0 cm³/mol. The molecule has 25 heavy (non-hydrogen) atoms. The second-order valence-electron chi connectivity index (χ2n) is 6.17. The minimum Gasteiger partial charge on any atom is -0.308 e. The smallest absolute Gasteiger partial charge is 0.146 e. The van der Waals surface area contributed by atoms with Crippen molar-refractivity contribution in [2.24, 2.45) is 0 Å². The molecule has 4 heteroatoms. The first-order valence-electron chi connectivity index (χ1n) is 8.27. The Balaban J connectivity index is 1.84. The molecule has 0 fully saturated rings. The Hall–Kier alpha value is -3.40. The van der Waals surface area contributed by atoms with Crippen molar-refractivity contribution in [1.29, 1.82) is 0 Å². The minimum atomic E-state index is 0.915. The van der Waals surface area contributed by atoms with Gasteiger partial charge in [-0.3, -0.25) is 4.57 Å². The number of fused-ring (bicyclic) bond motifs is 2. The molecular weight excluding hydrogens is 308 g/mol. The zero-order chi connectivity index (χ0) is 16.8. The molecule has 0 bridgehead atoms. The highest BCUT2D eigenvalue weighted by Gasteiger charge is 2.15. The van der Waals surface area contributed by atoms with Crippen LogP contribution in [0.3, 0.4) is 0 Å². The second kappa shape index (κ2) is 5.31. The summed E-state index contributed by atoms with van der Waals surface area (Å²) < 4.78 is 4.16. The van der Waals surface area contributed by atoms with Gasteiger partial charge in [0.25, 0.3) is 0 Å². The molecule has 0 aliphatic rings. The van der Waals surface area contributed by atoms with E-state index in [4.69, 9.17) is 4.98 Å². The van der Waals surface area contributed by atoms with Crippen LogP contribution in [0.2, 0.25) is 0 Å². The normalized spacial score (nSPS) is 11.4. The van der Waals surface area contributed by atoms with E-state index in [9.17, 15) is 0 Å². The van der Waals surface area contributed by atoms with E-state index in [1.165, 1.54) is 5.56 Å². The van der Waals surface area contributed by atoms with Crippen LogP contribution < -0.4 is 0 Å². The Bertz CT molecular complexity index is 1200. The largest absolute Gasteiger partial charge is 0.308 e. The zero-order valence-electron chi connectivity index (χ0n) is 13.8. The van der Waals surface area contributed by atoms with Crippen LogP contribution in [0.1, 0.15) is 5.56 Å². The second-order valence-corrected chi connectivity index (χ2v) is 6.17. The van der Waals surface area contributed by atoms with E-state index < -0.39 is 0 Å². The highest BCUT2D eigenvalue weighted by molar-refractivity contribution is 5.94. The van der Waals surface area contributed by atoms with Crippen molar-refractivity contribution in [3.63, 3.8) is 0 Å². The van der Waals surface area contributed by atoms with Gasteiger partial charge in [0.2, 0.25) is 0 Å². The van der Waals surface area contributed by atoms with E-state index in [1.807, 2.05) is 53.3 Å². The van der Waals surface area contributed by atoms with Gasteiger partial charge >= 0.3 is 0 Å². The number of aryl methyl sites for hydroxylation is 1. The van der Waals surface area contributed by atoms with Gasteiger partial charge in [0, 0.05) is 41.4 Å². The summed E-state index contributed by atoms with van der Waals surface area (Å²) in [6.45, 7) is 2.11. The molecule has 4 nitrogen and oxygen atoms in total. The molecule has 0 saturated heterocycles. The van der Waals surface area contributed by atoms with Gasteiger partial charge in [0.05, 0.1) is 5.52 Å². The first kappa shape index (κ1) is 14.0. The van der Waals surface area contributed by atoms with Crippen molar-refractivity contribution in [3.8, 4) is 17.1 Å². The third-order valence-electron chi connectivity index (χ3n) is 4.58. The van der Waals surface area contributed by atoms with Crippen LogP contribution in [0.4, 0.5) is 0 Å². The van der Waals surface area contributed by atoms with E-state index in [2.05, 4.69) is 46.9 Å². The Morgan fingerprint density at radius 2 is 1.76 bits per heavy atom. The van der Waals surface area contributed by atoms with Crippen molar-refractivity contribution in [3.05, 3.63) is 84.9 Å². The van der Waals surface area contributed by atoms with Gasteiger partial charge in [-0.25, -0.2) is 9.97 Å². The van der Waals surface area contributed by atoms with Crippen LogP contribution in [-0.4, -0.2) is 18.9 Å². The third kappa shape index (κ3) is 2.15. The first-order valence-corrected chi connectivity index (χ1v) is 8.27. The lowest BCUT2D eigenvalue weighted by atomic mass is 10.0. The molecule has 0 spiro atoms. The standard InChI is InChI=1S/C21H16N4/c1-15-9-10-16-14-24-12-5-8-18(24)23-20(16)19(15)21-22-11-13-25(21)17-6-3-2-4-7-17/h2-14H,1H3. The number of nitrogens with zero attached hydrogens (tertiary/aromatic N) is 4. The average Bonchev–Trinajstić information content (AvgIpc) is 3.29. The maximum atomic E-state index is 4.90. The minimum absolute atomic E-state index is 0.915. The molecule has 0 aliphatic heterocycles. The van der Waals surface area contributed by atoms with Crippen molar-refractivity contribution >= 4 is 16.6 Å². The summed E-state index contributed by atoms with van der Waals surface area (Å²) in [6, 6.07) is 18.6. The summed E-state index contributed by atoms with van der Waals surface area (Å²) in [5, 5.41) is 1.10. The molecule has 0 amide bonds. The fourth-order valence-electron chi connectivity index (χ4n) is 3.35. The van der Waals surface area contributed by atoms with Gasteiger partial charge in [-0.2, -0.15) is 0 Å². The van der Waals surface area contributed by atoms with E-state index in [1.54, 1.807) is 0 Å². The van der Waals surface area contributed by atoms with E-state index in [0.717, 1.165) is 33.6 Å². The molecule has 0 aliphatic carbocycles. The number of benzene rings is 2. The van der Waals surface area contributed by atoms with Crippen LogP contribution in [0.15, 0.2) is 79.4 Å². The number of hydrogen-bond acceptors (Lipinski definition) is 2. The Morgan fingerprint density at radius 1 is 0.880 bits per heavy atom. The molecule has 0 unspecified atom stereocenters. The molecule has 0 atom stereocenters. The summed E-state index contributed by atoms with van der Waals surface area (Å²) in [4.78, 5) is 9.56. The van der Waals surface area contributed by atoms with Crippen LogP contribution in [0, 0.1) is 6.92 Å². The molecule has 5 aromatic rings. The van der Waals surface area contributed by atoms with Gasteiger partial charge in [0.15, 0.2) is 0 Å². The van der Waals surface area contributed by atoms with Gasteiger partial charge in [-0.1, -0.05) is 30.3 Å². The van der Waals surface area contributed by atoms with Gasteiger partial charge in [-0.15, -0.1) is 0 Å². The van der Waals surface area contributed by atoms with E-state index >= 15 is 0 Å². The quantitative estimate of drug-likeness (QED) is 0.474. The summed E-state index contributed by atoms with van der Waals surface area (Å²) in [5.41, 5.74) is 5.26. The van der Waals surface area contributed by atoms with Crippen molar-refractivity contribution in [2.45, 2.75) is 6.92 Å². The molecule has 3 aromatic heterocycles. The fraction of sp³-hybridized carbons (Fsp3) is 0.0476. The van der Waals surface area contributed by atoms with Crippen LogP contribution >= 0.6 is 0 Å². The highest BCUT2D eigenvalue weighted by atomic mass is 15.1. The van der Waals surface area contributed by atoms with Gasteiger partial charge in [-0.05, 0) is 36.8 Å². The van der Waals surface area contributed by atoms with Crippen LogP contribution in [0.5, 0.6) is 0 Å². The topological polar surface area (TPSA) is 35.1 Å². The molecular formula is C21H16N4. The molecule has 2 aromatic carbocycles. The van der Waals surface area contributed by atoms with Crippen molar-refractivity contribution in [2.75, 3.05) is 0 Å². The molecule has 3 heterocycles. The Labute approximate surface area is 145 Å². The summed E-state index contributed by atoms with van der Waals surface area (Å²) in [7, 11) is 0. The fourth-order valence-corrected chi connectivity index (χ4v) is 3.35. The molecule has 0 N–H and O–H groups in total. The van der Waals surface area contributed by atoms with Gasteiger partial charge in [0.1, 0.15) is 11.5 Å². The van der Waals surface area contributed by atoms with Crippen molar-refractivity contribution < 1.29 is 0 Å². The summed E-state index contributed by atoms with van der Waals surface area (Å²) >= 11 is 0. The summed E-state index contributed by atoms with van der Waals surface area (Å²) in [6.07, 6.45) is 7.98. The predicted octanol–water partition coefficient (Wildman–Crippen LogP) is 4.65. The SMILES string of the molecule is Cc1ccc2cn3cccc3nc2c1-c1nccn1-c1ccccc1. The maximum Gasteiger partial charge on any atom is 0.146 e. The molecule has 0 radical (unpaired) electrons. The Morgan fingerprint density at radius 3 is 2.64 bits per heavy atom. The number of para-hydroxylation sites is 1. The number of aromatic nitrogens is 4. The lowest BCUT2D eigenvalue weighted by Gasteiger charge is -2.13. The summed E-state index contributed by atoms with van der Waals surface area (Å²) in [5.74, 6) is 0.915. The monoisotopic (exact) mass is 324 g/mol. The lowest BCUT2D eigenvalue weighted by Crippen LogP contribution is -2.00. The van der Waals surface area contributed by atoms with Crippen molar-refractivity contribution in [1.82, 2.24) is 18.9 Å². The molecule has 0 saturated carbocycles. The van der Waals surface area contributed by atoms with E-state index in [0.29, 0.717) is 0 Å². The maximum absolute atomic E-state index is 4.90. The van der Waals surface area contributed by atoms with Crippen LogP contribution in [-0.2, 0) is 0 Å². The first-order chi connectivity index (χ1) is 12.3. The lowest BCUT2D eigenvalue weighted by molar-refractivity contribution is 1.06. The number of rotatable bonds is 2. The third-order valence-corrected chi connectivity index (χ3v) is 4.58. The number of imidazole rings is 1. The van der Waals surface area contributed by atoms with Gasteiger partial charge < -0.3 is 4.40 Å². The van der Waals surface area contributed by atoms with E-state index in [-0.39, 0.29) is 0 Å². The number of hydrogen-bond donors (Lipinski definition) is 0. The Kier molecular flexibility index (Phi) is 2.97. The highest BCUT2D eigenvalue weighted by Crippen LogP contribution is 2.31. The molecule has 5 rings (SSSR count). The molecule has 120 valence electrons. The van der Waals surface area contributed by atoms with Crippen LogP contribution in [0.25, 0.3) is 33.6 Å². The zero-order valence-corrected chi connectivity index (χ0v) is 13.8. The average molecular weight is 324 g/mol.